The lowest BCUT2D eigenvalue weighted by molar-refractivity contribution is -0.0177. The van der Waals surface area contributed by atoms with E-state index in [0.29, 0.717) is 23.9 Å². The largest absolute Gasteiger partial charge is 0.497 e. The third-order valence-electron chi connectivity index (χ3n) is 9.56. The van der Waals surface area contributed by atoms with E-state index in [-0.39, 0.29) is 5.41 Å². The fourth-order valence-corrected chi connectivity index (χ4v) is 7.99. The highest BCUT2D eigenvalue weighted by Crippen LogP contribution is 2.60. The van der Waals surface area contributed by atoms with Crippen molar-refractivity contribution in [2.75, 3.05) is 17.7 Å². The highest BCUT2D eigenvalue weighted by atomic mass is 79.9. The third kappa shape index (κ3) is 4.42. The molecule has 6 atom stereocenters. The summed E-state index contributed by atoms with van der Waals surface area (Å²) in [5.41, 5.74) is 5.85. The Kier molecular flexibility index (Phi) is 6.49. The van der Waals surface area contributed by atoms with Crippen molar-refractivity contribution in [1.29, 1.82) is 0 Å². The van der Waals surface area contributed by atoms with Crippen LogP contribution in [0.25, 0.3) is 0 Å². The molecule has 2 N–H and O–H groups in total. The van der Waals surface area contributed by atoms with Gasteiger partial charge in [0.15, 0.2) is 0 Å². The van der Waals surface area contributed by atoms with Crippen molar-refractivity contribution < 1.29 is 4.74 Å². The summed E-state index contributed by atoms with van der Waals surface area (Å²) in [6.07, 6.45) is 7.40. The molecule has 2 fully saturated rings. The maximum Gasteiger partial charge on any atom is 0.119 e. The average Bonchev–Trinajstić information content (AvgIpc) is 2.90. The normalized spacial score (nSPS) is 30.9. The number of fused-ring (bicyclic) bond motifs is 5. The minimum Gasteiger partial charge on any atom is -0.497 e. The molecule has 0 aromatic heterocycles. The summed E-state index contributed by atoms with van der Waals surface area (Å²) in [7, 11) is 1.78. The van der Waals surface area contributed by atoms with Crippen molar-refractivity contribution in [3.8, 4) is 5.75 Å². The Bertz CT molecular complexity index is 1200. The lowest BCUT2D eigenvalue weighted by Gasteiger charge is -2.59. The van der Waals surface area contributed by atoms with Crippen molar-refractivity contribution >= 4 is 27.3 Å². The highest BCUT2D eigenvalue weighted by molar-refractivity contribution is 9.10. The lowest BCUT2D eigenvalue weighted by atomic mass is 9.48. The summed E-state index contributed by atoms with van der Waals surface area (Å²) in [5, 5.41) is 7.94. The Morgan fingerprint density at radius 1 is 0.889 bits per heavy atom. The van der Waals surface area contributed by atoms with Gasteiger partial charge in [-0.15, -0.1) is 0 Å². The van der Waals surface area contributed by atoms with Crippen LogP contribution in [0.4, 0.5) is 11.4 Å². The zero-order chi connectivity index (χ0) is 24.7. The molecular weight excluding hydrogens is 508 g/mol. The van der Waals surface area contributed by atoms with Gasteiger partial charge in [-0.25, -0.2) is 0 Å². The molecular formula is C32H37BrN2O. The average molecular weight is 546 g/mol. The number of nitrogens with one attached hydrogen (secondary N) is 2. The molecule has 0 heterocycles. The number of rotatable bonds is 5. The van der Waals surface area contributed by atoms with E-state index in [1.807, 2.05) is 0 Å². The van der Waals surface area contributed by atoms with Gasteiger partial charge in [-0.05, 0) is 121 Å². The van der Waals surface area contributed by atoms with Crippen LogP contribution in [0.5, 0.6) is 5.75 Å². The van der Waals surface area contributed by atoms with E-state index in [4.69, 9.17) is 4.74 Å². The van der Waals surface area contributed by atoms with Gasteiger partial charge in [0.25, 0.3) is 0 Å². The topological polar surface area (TPSA) is 33.3 Å². The molecule has 3 aliphatic carbocycles. The van der Waals surface area contributed by atoms with Gasteiger partial charge in [-0.1, -0.05) is 47.1 Å². The number of halogens is 1. The molecule has 0 amide bonds. The van der Waals surface area contributed by atoms with Gasteiger partial charge in [-0.2, -0.15) is 0 Å². The second-order valence-corrected chi connectivity index (χ2v) is 12.3. The quantitative estimate of drug-likeness (QED) is 0.339. The number of para-hydroxylation sites is 1. The molecule has 0 saturated heterocycles. The van der Waals surface area contributed by atoms with E-state index < -0.39 is 0 Å². The van der Waals surface area contributed by atoms with E-state index in [0.717, 1.165) is 22.6 Å². The number of ether oxygens (including phenoxy) is 1. The molecule has 3 aliphatic rings. The molecule has 4 heteroatoms. The Hall–Kier alpha value is -2.46. The van der Waals surface area contributed by atoms with E-state index in [9.17, 15) is 0 Å². The van der Waals surface area contributed by atoms with E-state index in [1.165, 1.54) is 49.0 Å². The standard InChI is InChI=1S/C32H37BrN2O/c1-32-17-16-28-27-15-13-26(36-2)18-21(27)8-14-29(28)30(32)19-25(34-23-6-4-3-5-7-23)20-31(32)35-24-11-9-22(33)10-12-24/h3-7,9-13,15,18,25,28-31,34-35H,8,14,16-17,19-20H2,1-2H3/t25-,28+,29+,30-,31-,32-/m0/s1. The van der Waals surface area contributed by atoms with Gasteiger partial charge in [0.1, 0.15) is 5.75 Å². The minimum atomic E-state index is 0.285. The Morgan fingerprint density at radius 3 is 2.44 bits per heavy atom. The maximum absolute atomic E-state index is 5.55. The number of hydrogen-bond acceptors (Lipinski definition) is 3. The second kappa shape index (κ2) is 9.78. The van der Waals surface area contributed by atoms with Crippen molar-refractivity contribution in [2.45, 2.75) is 63.5 Å². The Labute approximate surface area is 224 Å². The smallest absolute Gasteiger partial charge is 0.119 e. The molecule has 3 aromatic rings. The van der Waals surface area contributed by atoms with Crippen LogP contribution in [-0.4, -0.2) is 19.2 Å². The summed E-state index contributed by atoms with van der Waals surface area (Å²) >= 11 is 3.60. The monoisotopic (exact) mass is 544 g/mol. The first-order chi connectivity index (χ1) is 17.5. The Morgan fingerprint density at radius 2 is 1.67 bits per heavy atom. The van der Waals surface area contributed by atoms with Crippen molar-refractivity contribution in [3.05, 3.63) is 88.4 Å². The van der Waals surface area contributed by atoms with Crippen molar-refractivity contribution in [3.63, 3.8) is 0 Å². The zero-order valence-electron chi connectivity index (χ0n) is 21.3. The lowest BCUT2D eigenvalue weighted by Crippen LogP contribution is -2.57. The van der Waals surface area contributed by atoms with Gasteiger partial charge >= 0.3 is 0 Å². The molecule has 0 aliphatic heterocycles. The first kappa shape index (κ1) is 23.9. The van der Waals surface area contributed by atoms with Gasteiger partial charge < -0.3 is 15.4 Å². The number of hydrogen-bond donors (Lipinski definition) is 2. The molecule has 0 unspecified atom stereocenters. The number of methoxy groups -OCH3 is 1. The Balaban J connectivity index is 1.32. The van der Waals surface area contributed by atoms with Gasteiger partial charge in [0.05, 0.1) is 7.11 Å². The van der Waals surface area contributed by atoms with E-state index >= 15 is 0 Å². The van der Waals surface area contributed by atoms with E-state index in [2.05, 4.69) is 106 Å². The van der Waals surface area contributed by atoms with Gasteiger partial charge in [0, 0.05) is 27.9 Å². The summed E-state index contributed by atoms with van der Waals surface area (Å²) in [6, 6.07) is 27.2. The van der Waals surface area contributed by atoms with Crippen LogP contribution in [0, 0.1) is 17.3 Å². The van der Waals surface area contributed by atoms with Gasteiger partial charge in [-0.3, -0.25) is 0 Å². The van der Waals surface area contributed by atoms with Crippen LogP contribution in [-0.2, 0) is 6.42 Å². The van der Waals surface area contributed by atoms with Crippen LogP contribution < -0.4 is 15.4 Å². The van der Waals surface area contributed by atoms with Crippen molar-refractivity contribution in [2.24, 2.45) is 17.3 Å². The van der Waals surface area contributed by atoms with E-state index in [1.54, 1.807) is 12.7 Å². The second-order valence-electron chi connectivity index (χ2n) is 11.4. The number of aryl methyl sites for hydroxylation is 1. The van der Waals surface area contributed by atoms with Crippen molar-refractivity contribution in [1.82, 2.24) is 0 Å². The maximum atomic E-state index is 5.55. The van der Waals surface area contributed by atoms with Crippen LogP contribution in [0.3, 0.4) is 0 Å². The summed E-state index contributed by atoms with van der Waals surface area (Å²) in [5.74, 6) is 3.09. The predicted octanol–water partition coefficient (Wildman–Crippen LogP) is 8.28. The van der Waals surface area contributed by atoms with Crippen LogP contribution in [0.15, 0.2) is 77.3 Å². The first-order valence-electron chi connectivity index (χ1n) is 13.5. The van der Waals surface area contributed by atoms with Crippen LogP contribution in [0.1, 0.15) is 56.1 Å². The molecule has 0 radical (unpaired) electrons. The predicted molar refractivity (Wildman–Crippen MR) is 153 cm³/mol. The fraction of sp³-hybridized carbons (Fsp3) is 0.438. The first-order valence-corrected chi connectivity index (χ1v) is 14.3. The molecule has 2 saturated carbocycles. The summed E-state index contributed by atoms with van der Waals surface area (Å²) < 4.78 is 6.67. The molecule has 6 rings (SSSR count). The zero-order valence-corrected chi connectivity index (χ0v) is 22.9. The SMILES string of the molecule is COc1ccc2c(c1)CC[C@@H]1[C@@H]2CC[C@]2(C)[C@@H](Nc3ccc(Br)cc3)C[C@@H](Nc3ccccc3)C[C@@H]12. The van der Waals surface area contributed by atoms with Crippen LogP contribution >= 0.6 is 15.9 Å². The molecule has 3 nitrogen and oxygen atoms in total. The molecule has 0 spiro atoms. The highest BCUT2D eigenvalue weighted by Gasteiger charge is 2.54. The fourth-order valence-electron chi connectivity index (χ4n) is 7.73. The number of benzene rings is 3. The molecule has 0 bridgehead atoms. The minimum absolute atomic E-state index is 0.285. The molecule has 188 valence electrons. The summed E-state index contributed by atoms with van der Waals surface area (Å²) in [6.45, 7) is 2.59. The molecule has 36 heavy (non-hydrogen) atoms. The third-order valence-corrected chi connectivity index (χ3v) is 10.1. The summed E-state index contributed by atoms with van der Waals surface area (Å²) in [4.78, 5) is 0. The number of anilines is 2. The molecule has 3 aromatic carbocycles. The van der Waals surface area contributed by atoms with Gasteiger partial charge in [0.2, 0.25) is 0 Å². The van der Waals surface area contributed by atoms with Crippen LogP contribution in [0.2, 0.25) is 0 Å².